The van der Waals surface area contributed by atoms with Gasteiger partial charge in [-0.15, -0.1) is 5.10 Å². The lowest BCUT2D eigenvalue weighted by Crippen LogP contribution is -2.28. The van der Waals surface area contributed by atoms with Gasteiger partial charge < -0.3 is 5.11 Å². The second-order valence-corrected chi connectivity index (χ2v) is 5.51. The lowest BCUT2D eigenvalue weighted by molar-refractivity contribution is 0.0909. The van der Waals surface area contributed by atoms with E-state index in [0.717, 1.165) is 12.0 Å². The van der Waals surface area contributed by atoms with Crippen molar-refractivity contribution in [3.05, 3.63) is 47.5 Å². The number of halogens is 1. The molecule has 5 heteroatoms. The summed E-state index contributed by atoms with van der Waals surface area (Å²) in [5.41, 5.74) is 0.998. The number of hydrogen-bond donors (Lipinski definition) is 1. The van der Waals surface area contributed by atoms with Crippen LogP contribution in [0.15, 0.2) is 30.5 Å². The Hall–Kier alpha value is -1.75. The quantitative estimate of drug-likeness (QED) is 0.914. The molecule has 0 spiro atoms. The minimum absolute atomic E-state index is 0.281. The summed E-state index contributed by atoms with van der Waals surface area (Å²) in [5.74, 6) is -0.281. The summed E-state index contributed by atoms with van der Waals surface area (Å²) in [4.78, 5) is 0. The van der Waals surface area contributed by atoms with Crippen LogP contribution in [0.1, 0.15) is 44.6 Å². The Morgan fingerprint density at radius 3 is 2.55 bits per heavy atom. The van der Waals surface area contributed by atoms with Gasteiger partial charge in [0.25, 0.3) is 0 Å². The average molecular weight is 277 g/mol. The van der Waals surface area contributed by atoms with Gasteiger partial charge in [-0.2, -0.15) is 0 Å². The first-order valence-electron chi connectivity index (χ1n) is 6.79. The van der Waals surface area contributed by atoms with Crippen LogP contribution in [0, 0.1) is 5.82 Å². The predicted octanol–water partition coefficient (Wildman–Crippen LogP) is 2.84. The molecule has 4 nitrogen and oxygen atoms in total. The highest BCUT2D eigenvalue weighted by molar-refractivity contribution is 5.28. The minimum Gasteiger partial charge on any atom is -0.386 e. The van der Waals surface area contributed by atoms with Gasteiger partial charge in [0.2, 0.25) is 0 Å². The molecule has 1 atom stereocenters. The second-order valence-electron chi connectivity index (χ2n) is 5.51. The SMILES string of the molecule is CCCn1nncc1C(O)C(C)(C)c1ccc(F)cc1. The Balaban J connectivity index is 2.32. The van der Waals surface area contributed by atoms with Crippen molar-refractivity contribution in [1.82, 2.24) is 15.0 Å². The fourth-order valence-electron chi connectivity index (χ4n) is 2.27. The first-order valence-corrected chi connectivity index (χ1v) is 6.79. The molecule has 0 amide bonds. The van der Waals surface area contributed by atoms with Crippen LogP contribution in [-0.4, -0.2) is 20.1 Å². The fraction of sp³-hybridized carbons (Fsp3) is 0.467. The van der Waals surface area contributed by atoms with Crippen molar-refractivity contribution in [3.63, 3.8) is 0 Å². The molecule has 2 aromatic rings. The van der Waals surface area contributed by atoms with Crippen LogP contribution < -0.4 is 0 Å². The maximum atomic E-state index is 13.0. The summed E-state index contributed by atoms with van der Waals surface area (Å²) in [6.45, 7) is 6.61. The van der Waals surface area contributed by atoms with Crippen LogP contribution in [0.4, 0.5) is 4.39 Å². The molecular weight excluding hydrogens is 257 g/mol. The van der Waals surface area contributed by atoms with Crippen LogP contribution in [0.25, 0.3) is 0 Å². The Labute approximate surface area is 118 Å². The smallest absolute Gasteiger partial charge is 0.123 e. The molecule has 20 heavy (non-hydrogen) atoms. The van der Waals surface area contributed by atoms with E-state index in [0.29, 0.717) is 12.2 Å². The molecule has 0 aliphatic rings. The van der Waals surface area contributed by atoms with Crippen LogP contribution in [0.5, 0.6) is 0 Å². The molecule has 0 saturated heterocycles. The van der Waals surface area contributed by atoms with Crippen molar-refractivity contribution in [1.29, 1.82) is 0 Å². The maximum absolute atomic E-state index is 13.0. The van der Waals surface area contributed by atoms with Crippen LogP contribution in [0.2, 0.25) is 0 Å². The Morgan fingerprint density at radius 2 is 1.95 bits per heavy atom. The molecule has 1 heterocycles. The Kier molecular flexibility index (Phi) is 4.18. The highest BCUT2D eigenvalue weighted by Crippen LogP contribution is 2.36. The summed E-state index contributed by atoms with van der Waals surface area (Å²) < 4.78 is 14.7. The first-order chi connectivity index (χ1) is 9.46. The number of rotatable bonds is 5. The summed E-state index contributed by atoms with van der Waals surface area (Å²) in [7, 11) is 0. The van der Waals surface area contributed by atoms with E-state index in [4.69, 9.17) is 0 Å². The topological polar surface area (TPSA) is 50.9 Å². The number of hydrogen-bond acceptors (Lipinski definition) is 3. The summed E-state index contributed by atoms with van der Waals surface area (Å²) in [5, 5.41) is 18.5. The zero-order valence-electron chi connectivity index (χ0n) is 12.0. The first kappa shape index (κ1) is 14.7. The van der Waals surface area contributed by atoms with Gasteiger partial charge >= 0.3 is 0 Å². The lowest BCUT2D eigenvalue weighted by Gasteiger charge is -2.31. The van der Waals surface area contributed by atoms with Crippen molar-refractivity contribution < 1.29 is 9.50 Å². The summed E-state index contributed by atoms with van der Waals surface area (Å²) in [6, 6.07) is 6.22. The van der Waals surface area contributed by atoms with Gasteiger partial charge in [-0.1, -0.05) is 38.1 Å². The maximum Gasteiger partial charge on any atom is 0.123 e. The highest BCUT2D eigenvalue weighted by Gasteiger charge is 2.33. The van der Waals surface area contributed by atoms with Gasteiger partial charge in [-0.05, 0) is 24.1 Å². The molecule has 1 unspecified atom stereocenters. The van der Waals surface area contributed by atoms with E-state index in [2.05, 4.69) is 10.3 Å². The van der Waals surface area contributed by atoms with E-state index in [1.165, 1.54) is 12.1 Å². The summed E-state index contributed by atoms with van der Waals surface area (Å²) in [6.07, 6.45) is 1.75. The average Bonchev–Trinajstić information content (AvgIpc) is 2.87. The van der Waals surface area contributed by atoms with Crippen LogP contribution in [0.3, 0.4) is 0 Å². The van der Waals surface area contributed by atoms with Gasteiger partial charge in [-0.3, -0.25) is 0 Å². The van der Waals surface area contributed by atoms with Gasteiger partial charge in [0.1, 0.15) is 11.9 Å². The lowest BCUT2D eigenvalue weighted by atomic mass is 9.78. The number of aliphatic hydroxyl groups excluding tert-OH is 1. The molecule has 1 aromatic carbocycles. The van der Waals surface area contributed by atoms with E-state index in [9.17, 15) is 9.50 Å². The molecule has 0 radical (unpaired) electrons. The third-order valence-electron chi connectivity index (χ3n) is 3.64. The van der Waals surface area contributed by atoms with Crippen LogP contribution >= 0.6 is 0 Å². The van der Waals surface area contributed by atoms with Crippen LogP contribution in [-0.2, 0) is 12.0 Å². The molecule has 0 aliphatic heterocycles. The van der Waals surface area contributed by atoms with E-state index in [1.807, 2.05) is 20.8 Å². The largest absolute Gasteiger partial charge is 0.386 e. The molecule has 108 valence electrons. The number of aromatic nitrogens is 3. The predicted molar refractivity (Wildman–Crippen MR) is 74.7 cm³/mol. The van der Waals surface area contributed by atoms with Gasteiger partial charge in [0.15, 0.2) is 0 Å². The van der Waals surface area contributed by atoms with Crippen molar-refractivity contribution >= 4 is 0 Å². The third-order valence-corrected chi connectivity index (χ3v) is 3.64. The molecule has 0 aliphatic carbocycles. The van der Waals surface area contributed by atoms with Crippen molar-refractivity contribution in [2.75, 3.05) is 0 Å². The van der Waals surface area contributed by atoms with E-state index in [1.54, 1.807) is 23.0 Å². The Bertz CT molecular complexity index is 563. The van der Waals surface area contributed by atoms with E-state index < -0.39 is 11.5 Å². The number of aliphatic hydroxyl groups is 1. The molecule has 2 rings (SSSR count). The normalized spacial score (nSPS) is 13.4. The van der Waals surface area contributed by atoms with Gasteiger partial charge in [0, 0.05) is 12.0 Å². The number of benzene rings is 1. The van der Waals surface area contributed by atoms with Crippen molar-refractivity contribution in [2.45, 2.75) is 45.3 Å². The van der Waals surface area contributed by atoms with Gasteiger partial charge in [0.05, 0.1) is 11.9 Å². The monoisotopic (exact) mass is 277 g/mol. The molecular formula is C15H20FN3O. The molecule has 1 aromatic heterocycles. The van der Waals surface area contributed by atoms with Crippen molar-refractivity contribution in [2.24, 2.45) is 0 Å². The standard InChI is InChI=1S/C15H20FN3O/c1-4-9-19-13(10-17-18-19)14(20)15(2,3)11-5-7-12(16)8-6-11/h5-8,10,14,20H,4,9H2,1-3H3. The fourth-order valence-corrected chi connectivity index (χ4v) is 2.27. The second kappa shape index (κ2) is 5.71. The number of nitrogens with zero attached hydrogens (tertiary/aromatic N) is 3. The van der Waals surface area contributed by atoms with E-state index >= 15 is 0 Å². The number of aryl methyl sites for hydroxylation is 1. The van der Waals surface area contributed by atoms with E-state index in [-0.39, 0.29) is 5.82 Å². The minimum atomic E-state index is -0.755. The molecule has 1 N–H and O–H groups in total. The Morgan fingerprint density at radius 1 is 1.30 bits per heavy atom. The molecule has 0 bridgehead atoms. The van der Waals surface area contributed by atoms with Crippen molar-refractivity contribution in [3.8, 4) is 0 Å². The highest BCUT2D eigenvalue weighted by atomic mass is 19.1. The zero-order chi connectivity index (χ0) is 14.8. The van der Waals surface area contributed by atoms with Gasteiger partial charge in [-0.25, -0.2) is 9.07 Å². The molecule has 0 fully saturated rings. The molecule has 0 saturated carbocycles. The zero-order valence-corrected chi connectivity index (χ0v) is 12.0. The summed E-state index contributed by atoms with van der Waals surface area (Å²) >= 11 is 0. The third kappa shape index (κ3) is 2.72.